The summed E-state index contributed by atoms with van der Waals surface area (Å²) in [6.45, 7) is 5.88. The summed E-state index contributed by atoms with van der Waals surface area (Å²) in [5.41, 5.74) is 2.62. The minimum absolute atomic E-state index is 0.00647. The van der Waals surface area contributed by atoms with E-state index in [-0.39, 0.29) is 30.1 Å². The van der Waals surface area contributed by atoms with Gasteiger partial charge in [-0.05, 0) is 44.9 Å². The predicted molar refractivity (Wildman–Crippen MR) is 139 cm³/mol. The van der Waals surface area contributed by atoms with Gasteiger partial charge in [0, 0.05) is 60.8 Å². The molecule has 4 heterocycles. The van der Waals surface area contributed by atoms with E-state index < -0.39 is 0 Å². The normalized spacial score (nSPS) is 18.9. The van der Waals surface area contributed by atoms with Gasteiger partial charge in [0.25, 0.3) is 0 Å². The van der Waals surface area contributed by atoms with E-state index in [0.29, 0.717) is 37.4 Å². The quantitative estimate of drug-likeness (QED) is 0.404. The van der Waals surface area contributed by atoms with E-state index in [1.807, 2.05) is 64.3 Å². The standard InChI is InChI=1S/C28H30N6O3/c1-18(2)34-17-21-9-8-20(14-24(21)30-34)26-29-27(37-31-26)19-10-12-32(13-11-19)28(36)22-15-25(35)33(16-22)23-6-4-3-5-7-23/h3-9,14,17-19,22H,10-13,15-16H2,1-2H3. The number of anilines is 1. The Hall–Kier alpha value is -4.01. The Balaban J connectivity index is 1.08. The molecule has 2 aromatic heterocycles. The highest BCUT2D eigenvalue weighted by atomic mass is 16.5. The number of carbonyl (C=O) groups excluding carboxylic acids is 2. The SMILES string of the molecule is CC(C)n1cc2ccc(-c3noc(C4CCN(C(=O)C5CC(=O)N(c6ccccc6)C5)CC4)n3)cc2n1. The summed E-state index contributed by atoms with van der Waals surface area (Å²) < 4.78 is 7.60. The second-order valence-electron chi connectivity index (χ2n) is 10.3. The highest BCUT2D eigenvalue weighted by Crippen LogP contribution is 2.32. The molecule has 9 heteroatoms. The van der Waals surface area contributed by atoms with Gasteiger partial charge in [0.05, 0.1) is 11.4 Å². The molecule has 1 atom stereocenters. The van der Waals surface area contributed by atoms with Crippen molar-refractivity contribution in [3.8, 4) is 11.4 Å². The largest absolute Gasteiger partial charge is 0.342 e. The van der Waals surface area contributed by atoms with Crippen molar-refractivity contribution in [1.29, 1.82) is 0 Å². The zero-order valence-corrected chi connectivity index (χ0v) is 21.1. The maximum atomic E-state index is 13.2. The topological polar surface area (TPSA) is 97.4 Å². The molecule has 0 saturated carbocycles. The van der Waals surface area contributed by atoms with E-state index in [4.69, 9.17) is 4.52 Å². The summed E-state index contributed by atoms with van der Waals surface area (Å²) >= 11 is 0. The molecule has 0 bridgehead atoms. The van der Waals surface area contributed by atoms with E-state index in [0.717, 1.165) is 35.0 Å². The fraction of sp³-hybridized carbons (Fsp3) is 0.393. The van der Waals surface area contributed by atoms with Crippen LogP contribution in [0.25, 0.3) is 22.3 Å². The molecule has 2 amide bonds. The minimum Gasteiger partial charge on any atom is -0.342 e. The first-order valence-electron chi connectivity index (χ1n) is 12.9. The van der Waals surface area contributed by atoms with E-state index in [2.05, 4.69) is 29.1 Å². The molecule has 0 spiro atoms. The van der Waals surface area contributed by atoms with Crippen molar-refractivity contribution in [3.63, 3.8) is 0 Å². The Bertz CT molecular complexity index is 1430. The van der Waals surface area contributed by atoms with Gasteiger partial charge in [0.2, 0.25) is 23.5 Å². The van der Waals surface area contributed by atoms with Gasteiger partial charge in [-0.25, -0.2) is 0 Å². The lowest BCUT2D eigenvalue weighted by Gasteiger charge is -2.32. The second kappa shape index (κ2) is 9.46. The number of benzene rings is 2. The van der Waals surface area contributed by atoms with Crippen LogP contribution < -0.4 is 4.90 Å². The summed E-state index contributed by atoms with van der Waals surface area (Å²) in [5, 5.41) is 9.95. The lowest BCUT2D eigenvalue weighted by atomic mass is 9.95. The van der Waals surface area contributed by atoms with Gasteiger partial charge in [-0.3, -0.25) is 14.3 Å². The molecule has 0 N–H and O–H groups in total. The lowest BCUT2D eigenvalue weighted by Crippen LogP contribution is -2.42. The number of carbonyl (C=O) groups is 2. The van der Waals surface area contributed by atoms with E-state index in [9.17, 15) is 9.59 Å². The van der Waals surface area contributed by atoms with Crippen LogP contribution in [0.4, 0.5) is 5.69 Å². The van der Waals surface area contributed by atoms with Crippen LogP contribution in [0.2, 0.25) is 0 Å². The number of aromatic nitrogens is 4. The minimum atomic E-state index is -0.298. The molecule has 4 aromatic rings. The molecule has 0 radical (unpaired) electrons. The van der Waals surface area contributed by atoms with Crippen molar-refractivity contribution in [1.82, 2.24) is 24.8 Å². The first kappa shape index (κ1) is 23.4. The molecule has 2 aliphatic rings. The van der Waals surface area contributed by atoms with Gasteiger partial charge in [-0.15, -0.1) is 0 Å². The summed E-state index contributed by atoms with van der Waals surface area (Å²) in [7, 11) is 0. The van der Waals surface area contributed by atoms with Crippen molar-refractivity contribution in [2.45, 2.75) is 45.1 Å². The molecular weight excluding hydrogens is 468 g/mol. The predicted octanol–water partition coefficient (Wildman–Crippen LogP) is 4.43. The number of amides is 2. The number of para-hydroxylation sites is 1. The van der Waals surface area contributed by atoms with E-state index >= 15 is 0 Å². The van der Waals surface area contributed by atoms with Crippen molar-refractivity contribution < 1.29 is 14.1 Å². The molecule has 9 nitrogen and oxygen atoms in total. The Labute approximate surface area is 215 Å². The van der Waals surface area contributed by atoms with Crippen LogP contribution in [-0.4, -0.2) is 56.3 Å². The van der Waals surface area contributed by atoms with Crippen LogP contribution in [0, 0.1) is 5.92 Å². The highest BCUT2D eigenvalue weighted by Gasteiger charge is 2.38. The number of hydrogen-bond donors (Lipinski definition) is 0. The van der Waals surface area contributed by atoms with Gasteiger partial charge in [0.15, 0.2) is 0 Å². The van der Waals surface area contributed by atoms with Crippen LogP contribution >= 0.6 is 0 Å². The van der Waals surface area contributed by atoms with Crippen molar-refractivity contribution in [2.75, 3.05) is 24.5 Å². The van der Waals surface area contributed by atoms with Crippen LogP contribution in [0.15, 0.2) is 59.3 Å². The third-order valence-electron chi connectivity index (χ3n) is 7.45. The molecule has 2 aromatic carbocycles. The number of nitrogens with zero attached hydrogens (tertiary/aromatic N) is 6. The number of rotatable bonds is 5. The van der Waals surface area contributed by atoms with Crippen molar-refractivity contribution in [3.05, 3.63) is 60.6 Å². The number of likely N-dealkylation sites (tertiary alicyclic amines) is 1. The van der Waals surface area contributed by atoms with Crippen LogP contribution in [0.1, 0.15) is 51.0 Å². The summed E-state index contributed by atoms with van der Waals surface area (Å²) in [6.07, 6.45) is 3.82. The maximum absolute atomic E-state index is 13.2. The zero-order valence-electron chi connectivity index (χ0n) is 21.1. The van der Waals surface area contributed by atoms with Gasteiger partial charge in [0.1, 0.15) is 0 Å². The third kappa shape index (κ3) is 4.50. The summed E-state index contributed by atoms with van der Waals surface area (Å²) in [6, 6.07) is 15.9. The van der Waals surface area contributed by atoms with Crippen molar-refractivity contribution in [2.24, 2.45) is 5.92 Å². The fourth-order valence-electron chi connectivity index (χ4n) is 5.29. The second-order valence-corrected chi connectivity index (χ2v) is 10.3. The number of piperidine rings is 1. The Morgan fingerprint density at radius 2 is 1.86 bits per heavy atom. The Morgan fingerprint density at radius 3 is 2.62 bits per heavy atom. The van der Waals surface area contributed by atoms with Crippen molar-refractivity contribution >= 4 is 28.4 Å². The molecule has 2 saturated heterocycles. The first-order chi connectivity index (χ1) is 18.0. The third-order valence-corrected chi connectivity index (χ3v) is 7.45. The molecule has 190 valence electrons. The van der Waals surface area contributed by atoms with Gasteiger partial charge >= 0.3 is 0 Å². The van der Waals surface area contributed by atoms with E-state index in [1.165, 1.54) is 0 Å². The molecular formula is C28H30N6O3. The fourth-order valence-corrected chi connectivity index (χ4v) is 5.29. The van der Waals surface area contributed by atoms with Crippen LogP contribution in [0.3, 0.4) is 0 Å². The molecule has 1 unspecified atom stereocenters. The van der Waals surface area contributed by atoms with Crippen LogP contribution in [0.5, 0.6) is 0 Å². The highest BCUT2D eigenvalue weighted by molar-refractivity contribution is 6.00. The molecule has 6 rings (SSSR count). The van der Waals surface area contributed by atoms with Gasteiger partial charge in [-0.1, -0.05) is 35.5 Å². The van der Waals surface area contributed by atoms with Crippen LogP contribution in [-0.2, 0) is 9.59 Å². The lowest BCUT2D eigenvalue weighted by molar-refractivity contribution is -0.136. The average Bonchev–Trinajstić information content (AvgIpc) is 3.67. The number of hydrogen-bond acceptors (Lipinski definition) is 6. The molecule has 2 aliphatic heterocycles. The summed E-state index contributed by atoms with van der Waals surface area (Å²) in [4.78, 5) is 34.0. The first-order valence-corrected chi connectivity index (χ1v) is 12.9. The average molecular weight is 499 g/mol. The zero-order chi connectivity index (χ0) is 25.5. The maximum Gasteiger partial charge on any atom is 0.230 e. The van der Waals surface area contributed by atoms with E-state index in [1.54, 1.807) is 4.90 Å². The number of fused-ring (bicyclic) bond motifs is 1. The van der Waals surface area contributed by atoms with Gasteiger partial charge < -0.3 is 14.3 Å². The monoisotopic (exact) mass is 498 g/mol. The summed E-state index contributed by atoms with van der Waals surface area (Å²) in [5.74, 6) is 1.05. The molecule has 0 aliphatic carbocycles. The smallest absolute Gasteiger partial charge is 0.230 e. The molecule has 2 fully saturated rings. The Morgan fingerprint density at radius 1 is 1.08 bits per heavy atom. The Kier molecular flexibility index (Phi) is 5.98. The molecule has 37 heavy (non-hydrogen) atoms. The van der Waals surface area contributed by atoms with Gasteiger partial charge in [-0.2, -0.15) is 10.1 Å².